The van der Waals surface area contributed by atoms with Crippen LogP contribution in [-0.2, 0) is 0 Å². The molecule has 114 valence electrons. The van der Waals surface area contributed by atoms with E-state index >= 15 is 0 Å². The van der Waals surface area contributed by atoms with Crippen molar-refractivity contribution in [3.63, 3.8) is 0 Å². The molecule has 0 amide bonds. The van der Waals surface area contributed by atoms with Crippen molar-refractivity contribution in [2.75, 3.05) is 23.7 Å². The first-order chi connectivity index (χ1) is 9.45. The molecule has 1 heterocycles. The van der Waals surface area contributed by atoms with Gasteiger partial charge in [-0.25, -0.2) is 4.98 Å². The van der Waals surface area contributed by atoms with Crippen molar-refractivity contribution >= 4 is 27.7 Å². The van der Waals surface area contributed by atoms with E-state index in [9.17, 15) is 0 Å². The van der Waals surface area contributed by atoms with E-state index in [1.54, 1.807) is 6.20 Å². The lowest BCUT2D eigenvalue weighted by atomic mass is 9.85. The lowest BCUT2D eigenvalue weighted by molar-refractivity contribution is 0.304. The lowest BCUT2D eigenvalue weighted by Crippen LogP contribution is -2.25. The predicted octanol–water partition coefficient (Wildman–Crippen LogP) is 4.40. The van der Waals surface area contributed by atoms with Gasteiger partial charge in [0.25, 0.3) is 0 Å². The van der Waals surface area contributed by atoms with Gasteiger partial charge in [-0.15, -0.1) is 0 Å². The zero-order chi connectivity index (χ0) is 15.1. The van der Waals surface area contributed by atoms with Gasteiger partial charge >= 0.3 is 0 Å². The third kappa shape index (κ3) is 5.27. The normalized spacial score (nSPS) is 11.4. The van der Waals surface area contributed by atoms with Gasteiger partial charge in [-0.3, -0.25) is 0 Å². The zero-order valence-electron chi connectivity index (χ0n) is 13.2. The number of halogens is 1. The van der Waals surface area contributed by atoms with Crippen LogP contribution in [0.1, 0.15) is 41.0 Å². The van der Waals surface area contributed by atoms with Gasteiger partial charge in [0.15, 0.2) is 0 Å². The van der Waals surface area contributed by atoms with E-state index in [1.165, 1.54) is 0 Å². The fourth-order valence-electron chi connectivity index (χ4n) is 2.27. The molecule has 0 spiro atoms. The summed E-state index contributed by atoms with van der Waals surface area (Å²) >= 11 is 3.51. The molecule has 1 rings (SSSR count). The van der Waals surface area contributed by atoms with Crippen LogP contribution in [0.4, 0.5) is 11.8 Å². The molecule has 0 bridgehead atoms. The molecule has 0 aliphatic rings. The van der Waals surface area contributed by atoms with Gasteiger partial charge in [0.05, 0.1) is 4.47 Å². The van der Waals surface area contributed by atoms with Crippen molar-refractivity contribution < 1.29 is 0 Å². The number of aromatic nitrogens is 2. The summed E-state index contributed by atoms with van der Waals surface area (Å²) in [6, 6.07) is 0. The monoisotopic (exact) mass is 342 g/mol. The Labute approximate surface area is 131 Å². The molecule has 0 fully saturated rings. The highest BCUT2D eigenvalue weighted by atomic mass is 79.9. The molecule has 1 aromatic heterocycles. The molecule has 5 heteroatoms. The van der Waals surface area contributed by atoms with Gasteiger partial charge in [-0.05, 0) is 40.1 Å². The summed E-state index contributed by atoms with van der Waals surface area (Å²) < 4.78 is 0.908. The lowest BCUT2D eigenvalue weighted by Gasteiger charge is -2.25. The van der Waals surface area contributed by atoms with Crippen LogP contribution in [0.3, 0.4) is 0 Å². The second kappa shape index (κ2) is 8.45. The minimum absolute atomic E-state index is 0.629. The molecule has 0 aromatic carbocycles. The van der Waals surface area contributed by atoms with Gasteiger partial charge in [-0.1, -0.05) is 34.6 Å². The van der Waals surface area contributed by atoms with Crippen molar-refractivity contribution in [3.05, 3.63) is 10.7 Å². The fourth-order valence-corrected chi connectivity index (χ4v) is 2.60. The summed E-state index contributed by atoms with van der Waals surface area (Å²) in [5.41, 5.74) is 0. The number of anilines is 2. The molecule has 0 aliphatic heterocycles. The first-order valence-electron chi connectivity index (χ1n) is 7.46. The zero-order valence-corrected chi connectivity index (χ0v) is 14.8. The third-order valence-corrected chi connectivity index (χ3v) is 4.08. The Bertz CT molecular complexity index is 399. The summed E-state index contributed by atoms with van der Waals surface area (Å²) in [6.07, 6.45) is 2.86. The van der Waals surface area contributed by atoms with Gasteiger partial charge in [-0.2, -0.15) is 4.98 Å². The molecule has 0 aliphatic carbocycles. The average molecular weight is 343 g/mol. The topological polar surface area (TPSA) is 49.8 Å². The van der Waals surface area contributed by atoms with Crippen molar-refractivity contribution in [1.29, 1.82) is 0 Å². The Morgan fingerprint density at radius 1 is 1.15 bits per heavy atom. The number of rotatable bonds is 8. The van der Waals surface area contributed by atoms with Gasteiger partial charge in [0, 0.05) is 19.3 Å². The van der Waals surface area contributed by atoms with E-state index < -0.39 is 0 Å². The van der Waals surface area contributed by atoms with Crippen LogP contribution in [-0.4, -0.2) is 23.1 Å². The van der Waals surface area contributed by atoms with Gasteiger partial charge < -0.3 is 10.6 Å². The molecule has 0 atom stereocenters. The maximum atomic E-state index is 4.52. The Hall–Kier alpha value is -0.840. The molecule has 1 aromatic rings. The van der Waals surface area contributed by atoms with E-state index in [2.05, 4.69) is 71.2 Å². The van der Waals surface area contributed by atoms with Crippen LogP contribution in [0.2, 0.25) is 0 Å². The highest BCUT2D eigenvalue weighted by Crippen LogP contribution is 2.24. The van der Waals surface area contributed by atoms with Gasteiger partial charge in [0.1, 0.15) is 5.82 Å². The Kier molecular flexibility index (Phi) is 7.27. The number of nitrogens with one attached hydrogen (secondary N) is 2. The third-order valence-electron chi connectivity index (χ3n) is 3.50. The van der Waals surface area contributed by atoms with Crippen LogP contribution in [0, 0.1) is 17.8 Å². The first-order valence-corrected chi connectivity index (χ1v) is 8.25. The highest BCUT2D eigenvalue weighted by Gasteiger charge is 2.18. The average Bonchev–Trinajstić information content (AvgIpc) is 2.38. The standard InChI is InChI=1S/C15H27BrN4/c1-6-7-17-15-19-9-13(16)14(20-15)18-8-12(10(2)3)11(4)5/h9-12H,6-8H2,1-5H3,(H2,17,18,19,20). The van der Waals surface area contributed by atoms with E-state index in [1.807, 2.05) is 0 Å². The number of nitrogens with zero attached hydrogens (tertiary/aromatic N) is 2. The molecule has 4 nitrogen and oxygen atoms in total. The Morgan fingerprint density at radius 3 is 2.35 bits per heavy atom. The van der Waals surface area contributed by atoms with E-state index in [0.29, 0.717) is 23.7 Å². The number of hydrogen-bond donors (Lipinski definition) is 2. The SMILES string of the molecule is CCCNc1ncc(Br)c(NCC(C(C)C)C(C)C)n1. The fraction of sp³-hybridized carbons (Fsp3) is 0.733. The van der Waals surface area contributed by atoms with Crippen LogP contribution in [0.25, 0.3) is 0 Å². The molecule has 0 radical (unpaired) electrons. The summed E-state index contributed by atoms with van der Waals surface area (Å²) in [4.78, 5) is 8.78. The molecule has 2 N–H and O–H groups in total. The van der Waals surface area contributed by atoms with Gasteiger partial charge in [0.2, 0.25) is 5.95 Å². The molecule has 0 saturated heterocycles. The van der Waals surface area contributed by atoms with Crippen LogP contribution >= 0.6 is 15.9 Å². The second-order valence-electron chi connectivity index (χ2n) is 5.85. The van der Waals surface area contributed by atoms with Crippen molar-refractivity contribution in [2.45, 2.75) is 41.0 Å². The summed E-state index contributed by atoms with van der Waals surface area (Å²) in [5.74, 6) is 3.48. The maximum Gasteiger partial charge on any atom is 0.224 e. The summed E-state index contributed by atoms with van der Waals surface area (Å²) in [6.45, 7) is 13.0. The Balaban J connectivity index is 2.70. The minimum Gasteiger partial charge on any atom is -0.369 e. The predicted molar refractivity (Wildman–Crippen MR) is 90.2 cm³/mol. The van der Waals surface area contributed by atoms with E-state index in [4.69, 9.17) is 0 Å². The second-order valence-corrected chi connectivity index (χ2v) is 6.70. The molecular formula is C15H27BrN4. The molecule has 0 unspecified atom stereocenters. The molecule has 0 saturated carbocycles. The smallest absolute Gasteiger partial charge is 0.224 e. The largest absolute Gasteiger partial charge is 0.369 e. The number of hydrogen-bond acceptors (Lipinski definition) is 4. The van der Waals surface area contributed by atoms with E-state index in [0.717, 1.165) is 29.8 Å². The Morgan fingerprint density at radius 2 is 1.80 bits per heavy atom. The van der Waals surface area contributed by atoms with Crippen molar-refractivity contribution in [3.8, 4) is 0 Å². The minimum atomic E-state index is 0.629. The highest BCUT2D eigenvalue weighted by molar-refractivity contribution is 9.10. The van der Waals surface area contributed by atoms with Crippen LogP contribution in [0.15, 0.2) is 10.7 Å². The summed E-state index contributed by atoms with van der Waals surface area (Å²) in [5, 5.41) is 6.67. The van der Waals surface area contributed by atoms with Crippen molar-refractivity contribution in [2.24, 2.45) is 17.8 Å². The summed E-state index contributed by atoms with van der Waals surface area (Å²) in [7, 11) is 0. The molecule has 20 heavy (non-hydrogen) atoms. The van der Waals surface area contributed by atoms with Crippen molar-refractivity contribution in [1.82, 2.24) is 9.97 Å². The first kappa shape index (κ1) is 17.2. The van der Waals surface area contributed by atoms with Crippen LogP contribution < -0.4 is 10.6 Å². The quantitative estimate of drug-likeness (QED) is 0.734. The van der Waals surface area contributed by atoms with E-state index in [-0.39, 0.29) is 0 Å². The van der Waals surface area contributed by atoms with Crippen LogP contribution in [0.5, 0.6) is 0 Å². The maximum absolute atomic E-state index is 4.52. The molecular weight excluding hydrogens is 316 g/mol.